The molecule has 1 amide bonds. The molecule has 0 radical (unpaired) electrons. The van der Waals surface area contributed by atoms with E-state index in [0.29, 0.717) is 10.4 Å². The van der Waals surface area contributed by atoms with E-state index in [-0.39, 0.29) is 23.8 Å². The number of aromatic nitrogens is 4. The summed E-state index contributed by atoms with van der Waals surface area (Å²) in [4.78, 5) is 16.7. The molecule has 1 unspecified atom stereocenters. The van der Waals surface area contributed by atoms with Gasteiger partial charge in [-0.15, -0.1) is 11.3 Å². The van der Waals surface area contributed by atoms with Gasteiger partial charge in [0, 0.05) is 17.1 Å². The number of hydrogen-bond donors (Lipinski definition) is 1. The quantitative estimate of drug-likeness (QED) is 0.706. The molecule has 0 saturated carbocycles. The van der Waals surface area contributed by atoms with Crippen molar-refractivity contribution in [3.63, 3.8) is 0 Å². The van der Waals surface area contributed by atoms with Gasteiger partial charge in [0.2, 0.25) is 5.82 Å². The molecule has 11 heteroatoms. The number of hydrogen-bond acceptors (Lipinski definition) is 6. The summed E-state index contributed by atoms with van der Waals surface area (Å²) in [5.74, 6) is -1.72. The Kier molecular flexibility index (Phi) is 5.05. The Morgan fingerprint density at radius 2 is 2.04 bits per heavy atom. The number of nitrogens with zero attached hydrogens (tertiary/aromatic N) is 4. The molecule has 0 aliphatic heterocycles. The number of carbonyl (C=O) groups excluding carboxylic acids is 1. The number of carbonyl (C=O) groups is 1. The van der Waals surface area contributed by atoms with Gasteiger partial charge in [-0.2, -0.15) is 23.3 Å². The Labute approximate surface area is 156 Å². The summed E-state index contributed by atoms with van der Waals surface area (Å²) in [6, 6.07) is 3.16. The van der Waals surface area contributed by atoms with Crippen LogP contribution in [0, 0.1) is 0 Å². The number of amides is 1. The molecule has 0 fully saturated rings. The van der Waals surface area contributed by atoms with Crippen LogP contribution in [0.25, 0.3) is 10.7 Å². The summed E-state index contributed by atoms with van der Waals surface area (Å²) in [6.45, 7) is 5.59. The molecule has 27 heavy (non-hydrogen) atoms. The van der Waals surface area contributed by atoms with Crippen molar-refractivity contribution >= 4 is 17.2 Å². The highest BCUT2D eigenvalue weighted by Crippen LogP contribution is 2.34. The molecule has 7 nitrogen and oxygen atoms in total. The van der Waals surface area contributed by atoms with Crippen LogP contribution in [0.15, 0.2) is 29.0 Å². The lowest BCUT2D eigenvalue weighted by Gasteiger charge is -2.09. The predicted molar refractivity (Wildman–Crippen MR) is 91.3 cm³/mol. The minimum Gasteiger partial charge on any atom is -0.350 e. The third-order valence-electron chi connectivity index (χ3n) is 3.61. The van der Waals surface area contributed by atoms with Crippen molar-refractivity contribution < 1.29 is 22.5 Å². The van der Waals surface area contributed by atoms with Gasteiger partial charge < -0.3 is 9.84 Å². The SMILES string of the molecule is CC(C)NC(=O)c1cnn(C(C)c2ccc(-c3noc(C(F)(F)F)n3)s2)c1. The maximum absolute atomic E-state index is 12.6. The lowest BCUT2D eigenvalue weighted by Crippen LogP contribution is -2.29. The largest absolute Gasteiger partial charge is 0.471 e. The monoisotopic (exact) mass is 399 g/mol. The zero-order chi connectivity index (χ0) is 19.8. The Balaban J connectivity index is 1.77. The average molecular weight is 399 g/mol. The molecular weight excluding hydrogens is 383 g/mol. The van der Waals surface area contributed by atoms with Crippen LogP contribution in [-0.2, 0) is 6.18 Å². The van der Waals surface area contributed by atoms with E-state index in [1.54, 1.807) is 23.0 Å². The second-order valence-electron chi connectivity index (χ2n) is 6.14. The topological polar surface area (TPSA) is 85.8 Å². The lowest BCUT2D eigenvalue weighted by molar-refractivity contribution is -0.159. The molecule has 0 aliphatic rings. The molecule has 3 aromatic rings. The van der Waals surface area contributed by atoms with E-state index in [1.165, 1.54) is 17.5 Å². The Hall–Kier alpha value is -2.69. The molecule has 0 bridgehead atoms. The first-order chi connectivity index (χ1) is 12.6. The first-order valence-electron chi connectivity index (χ1n) is 8.01. The average Bonchev–Trinajstić information content (AvgIpc) is 3.31. The van der Waals surface area contributed by atoms with Gasteiger partial charge in [-0.3, -0.25) is 9.48 Å². The second kappa shape index (κ2) is 7.14. The third kappa shape index (κ3) is 4.18. The molecule has 1 N–H and O–H groups in total. The van der Waals surface area contributed by atoms with Gasteiger partial charge in [-0.05, 0) is 32.9 Å². The van der Waals surface area contributed by atoms with Crippen LogP contribution in [0.3, 0.4) is 0 Å². The predicted octanol–water partition coefficient (Wildman–Crippen LogP) is 3.76. The van der Waals surface area contributed by atoms with E-state index >= 15 is 0 Å². The highest BCUT2D eigenvalue weighted by atomic mass is 32.1. The number of nitrogens with one attached hydrogen (secondary N) is 1. The smallest absolute Gasteiger partial charge is 0.350 e. The van der Waals surface area contributed by atoms with Crippen LogP contribution in [0.2, 0.25) is 0 Å². The van der Waals surface area contributed by atoms with E-state index in [9.17, 15) is 18.0 Å². The van der Waals surface area contributed by atoms with E-state index in [1.807, 2.05) is 20.8 Å². The summed E-state index contributed by atoms with van der Waals surface area (Å²) in [5.41, 5.74) is 0.431. The van der Waals surface area contributed by atoms with E-state index in [0.717, 1.165) is 4.88 Å². The van der Waals surface area contributed by atoms with E-state index in [2.05, 4.69) is 25.1 Å². The van der Waals surface area contributed by atoms with Crippen molar-refractivity contribution in [3.8, 4) is 10.7 Å². The zero-order valence-electron chi connectivity index (χ0n) is 14.6. The van der Waals surface area contributed by atoms with Gasteiger partial charge in [0.15, 0.2) is 0 Å². The number of rotatable bonds is 5. The normalized spacial score (nSPS) is 13.1. The van der Waals surface area contributed by atoms with Crippen molar-refractivity contribution in [2.45, 2.75) is 39.0 Å². The molecular formula is C16H16F3N5O2S. The Bertz CT molecular complexity index is 944. The summed E-state index contributed by atoms with van der Waals surface area (Å²) in [5, 5.41) is 10.4. The molecule has 3 aromatic heterocycles. The molecule has 0 aliphatic carbocycles. The van der Waals surface area contributed by atoms with Gasteiger partial charge in [0.1, 0.15) is 0 Å². The Morgan fingerprint density at radius 3 is 2.67 bits per heavy atom. The van der Waals surface area contributed by atoms with Gasteiger partial charge in [0.25, 0.3) is 5.91 Å². The van der Waals surface area contributed by atoms with Crippen LogP contribution < -0.4 is 5.32 Å². The summed E-state index contributed by atoms with van der Waals surface area (Å²) >= 11 is 1.23. The van der Waals surface area contributed by atoms with E-state index in [4.69, 9.17) is 0 Å². The van der Waals surface area contributed by atoms with Crippen LogP contribution in [0.5, 0.6) is 0 Å². The molecule has 0 aromatic carbocycles. The highest BCUT2D eigenvalue weighted by Gasteiger charge is 2.38. The molecule has 144 valence electrons. The van der Waals surface area contributed by atoms with Crippen LogP contribution in [0.4, 0.5) is 13.2 Å². The van der Waals surface area contributed by atoms with Gasteiger partial charge in [-0.25, -0.2) is 0 Å². The van der Waals surface area contributed by atoms with Crippen LogP contribution >= 0.6 is 11.3 Å². The number of thiophene rings is 1. The van der Waals surface area contributed by atoms with Crippen molar-refractivity contribution in [3.05, 3.63) is 40.9 Å². The van der Waals surface area contributed by atoms with Crippen molar-refractivity contribution in [1.82, 2.24) is 25.2 Å². The fourth-order valence-electron chi connectivity index (χ4n) is 2.28. The standard InChI is InChI=1S/C16H16F3N5O2S/c1-8(2)21-14(25)10-6-20-24(7-10)9(3)11-4-5-12(27-11)13-22-15(26-23-13)16(17,18)19/h4-9H,1-3H3,(H,21,25). The fourth-order valence-corrected chi connectivity index (χ4v) is 3.26. The van der Waals surface area contributed by atoms with Crippen LogP contribution in [-0.4, -0.2) is 31.9 Å². The molecule has 3 rings (SSSR count). The minimum atomic E-state index is -4.68. The molecule has 1 atom stereocenters. The molecule has 3 heterocycles. The Morgan fingerprint density at radius 1 is 1.30 bits per heavy atom. The van der Waals surface area contributed by atoms with Gasteiger partial charge in [0.05, 0.1) is 22.7 Å². The van der Waals surface area contributed by atoms with Crippen molar-refractivity contribution in [2.75, 3.05) is 0 Å². The summed E-state index contributed by atoms with van der Waals surface area (Å²) < 4.78 is 43.6. The fraction of sp³-hybridized carbons (Fsp3) is 0.375. The second-order valence-corrected chi connectivity index (χ2v) is 7.25. The first kappa shape index (κ1) is 19.1. The van der Waals surface area contributed by atoms with Crippen molar-refractivity contribution in [1.29, 1.82) is 0 Å². The minimum absolute atomic E-state index is 0.00896. The highest BCUT2D eigenvalue weighted by molar-refractivity contribution is 7.15. The maximum Gasteiger partial charge on any atom is 0.471 e. The number of alkyl halides is 3. The maximum atomic E-state index is 12.6. The summed E-state index contributed by atoms with van der Waals surface area (Å²) in [7, 11) is 0. The summed E-state index contributed by atoms with van der Waals surface area (Å²) in [6.07, 6.45) is -1.59. The van der Waals surface area contributed by atoms with E-state index < -0.39 is 12.1 Å². The lowest BCUT2D eigenvalue weighted by atomic mass is 10.2. The third-order valence-corrected chi connectivity index (χ3v) is 4.86. The first-order valence-corrected chi connectivity index (χ1v) is 8.83. The van der Waals surface area contributed by atoms with Crippen LogP contribution in [0.1, 0.15) is 47.9 Å². The van der Waals surface area contributed by atoms with Gasteiger partial charge >= 0.3 is 12.1 Å². The zero-order valence-corrected chi connectivity index (χ0v) is 15.4. The molecule has 0 spiro atoms. The molecule has 0 saturated heterocycles. The van der Waals surface area contributed by atoms with Gasteiger partial charge in [-0.1, -0.05) is 5.16 Å². The van der Waals surface area contributed by atoms with Crippen molar-refractivity contribution in [2.24, 2.45) is 0 Å². The number of halogens is 3.